The molecule has 1 aromatic heterocycles. The smallest absolute Gasteiger partial charge is 0.230 e. The van der Waals surface area contributed by atoms with E-state index in [4.69, 9.17) is 23.6 Å². The van der Waals surface area contributed by atoms with Crippen molar-refractivity contribution in [3.63, 3.8) is 0 Å². The molecule has 3 aromatic rings. The van der Waals surface area contributed by atoms with Crippen LogP contribution in [0.2, 0.25) is 0 Å². The van der Waals surface area contributed by atoms with Gasteiger partial charge in [-0.15, -0.1) is 11.3 Å². The molecule has 1 heterocycles. The average Bonchev–Trinajstić information content (AvgIpc) is 3.27. The molecule has 29 heavy (non-hydrogen) atoms. The van der Waals surface area contributed by atoms with Crippen LogP contribution in [0.5, 0.6) is 0 Å². The molecule has 5 nitrogen and oxygen atoms in total. The Balaban J connectivity index is 1.85. The van der Waals surface area contributed by atoms with Crippen LogP contribution < -0.4 is 11.1 Å². The van der Waals surface area contributed by atoms with Crippen molar-refractivity contribution < 1.29 is 27.7 Å². The third-order valence-electron chi connectivity index (χ3n) is 3.62. The molecule has 0 radical (unpaired) electrons. The highest BCUT2D eigenvalue weighted by Crippen LogP contribution is 2.21. The van der Waals surface area contributed by atoms with Crippen molar-refractivity contribution in [2.24, 2.45) is 0 Å². The summed E-state index contributed by atoms with van der Waals surface area (Å²) in [5.74, 6) is -1.41. The zero-order valence-electron chi connectivity index (χ0n) is 28.5. The van der Waals surface area contributed by atoms with Gasteiger partial charge in [-0.25, -0.2) is 4.98 Å². The first-order valence-corrected chi connectivity index (χ1v) is 9.43. The van der Waals surface area contributed by atoms with Crippen LogP contribution >= 0.6 is 11.3 Å². The van der Waals surface area contributed by atoms with Crippen LogP contribution in [0.4, 0.5) is 10.8 Å². The highest BCUT2D eigenvalue weighted by atomic mass is 32.1. The zero-order valence-corrected chi connectivity index (χ0v) is 16.3. The van der Waals surface area contributed by atoms with Crippen molar-refractivity contribution in [3.05, 3.63) is 76.1 Å². The number of rotatable bonds is 9. The topological polar surface area (TPSA) is 88.2 Å². The second-order valence-corrected chi connectivity index (χ2v) is 6.78. The first-order chi connectivity index (χ1) is 19.2. The Labute approximate surface area is 193 Å². The molecule has 4 N–H and O–H groups in total. The molecule has 0 fully saturated rings. The van der Waals surface area contributed by atoms with E-state index in [0.29, 0.717) is 11.3 Å². The number of hydrogen-bond acceptors (Lipinski definition) is 5. The molecule has 0 bridgehead atoms. The fraction of sp³-hybridized carbons (Fsp3) is 0.304. The third kappa shape index (κ3) is 6.69. The van der Waals surface area contributed by atoms with Crippen LogP contribution in [-0.2, 0) is 17.6 Å². The molecular weight excluding hydrogens is 382 g/mol. The molecule has 0 aliphatic rings. The maximum Gasteiger partial charge on any atom is 0.230 e. The maximum absolute atomic E-state index is 12.7. The Morgan fingerprint density at radius 1 is 1.28 bits per heavy atom. The Hall–Kier alpha value is -2.70. The van der Waals surface area contributed by atoms with Gasteiger partial charge in [0.25, 0.3) is 0 Å². The number of nitrogens with zero attached hydrogens (tertiary/aromatic N) is 1. The van der Waals surface area contributed by atoms with E-state index >= 15 is 0 Å². The Morgan fingerprint density at radius 3 is 2.66 bits per heavy atom. The summed E-state index contributed by atoms with van der Waals surface area (Å²) in [6, 6.07) is -4.44. The fourth-order valence-electron chi connectivity index (χ4n) is 2.20. The summed E-state index contributed by atoms with van der Waals surface area (Å²) < 4.78 is 106. The molecule has 0 saturated heterocycles. The molecule has 3 rings (SSSR count). The summed E-state index contributed by atoms with van der Waals surface area (Å²) in [5, 5.41) is 12.1. The lowest BCUT2D eigenvalue weighted by Gasteiger charge is -2.11. The van der Waals surface area contributed by atoms with E-state index in [2.05, 4.69) is 4.98 Å². The summed E-state index contributed by atoms with van der Waals surface area (Å²) in [7, 11) is 0. The number of anilines is 2. The molecule has 1 amide bonds. The van der Waals surface area contributed by atoms with Gasteiger partial charge in [0, 0.05) is 16.5 Å². The van der Waals surface area contributed by atoms with E-state index in [9.17, 15) is 9.90 Å². The molecule has 2 aromatic carbocycles. The summed E-state index contributed by atoms with van der Waals surface area (Å²) in [5.41, 5.74) is 3.72. The van der Waals surface area contributed by atoms with Gasteiger partial charge in [0.1, 0.15) is 0 Å². The van der Waals surface area contributed by atoms with Crippen LogP contribution in [0.3, 0.4) is 0 Å². The number of nitrogens with two attached hydrogens (primary N) is 1. The van der Waals surface area contributed by atoms with Gasteiger partial charge in [-0.1, -0.05) is 48.2 Å². The summed E-state index contributed by atoms with van der Waals surface area (Å²) in [4.78, 5) is 16.4. The van der Waals surface area contributed by atoms with E-state index in [1.54, 1.807) is 0 Å². The van der Waals surface area contributed by atoms with E-state index in [0.717, 1.165) is 0 Å². The lowest BCUT2D eigenvalue weighted by Crippen LogP contribution is -2.14. The zero-order chi connectivity index (χ0) is 32.1. The van der Waals surface area contributed by atoms with Crippen LogP contribution in [-0.4, -0.2) is 16.0 Å². The van der Waals surface area contributed by atoms with Gasteiger partial charge in [-0.2, -0.15) is 0 Å². The minimum atomic E-state index is -2.90. The minimum Gasteiger partial charge on any atom is -0.388 e. The Kier molecular flexibility index (Phi) is 3.47. The molecule has 152 valence electrons. The van der Waals surface area contributed by atoms with Crippen LogP contribution in [0.1, 0.15) is 65.5 Å². The van der Waals surface area contributed by atoms with Gasteiger partial charge >= 0.3 is 0 Å². The highest BCUT2D eigenvalue weighted by Gasteiger charge is 2.08. The number of nitrogens with one attached hydrogen (secondary N) is 1. The van der Waals surface area contributed by atoms with Gasteiger partial charge in [0.2, 0.25) is 5.91 Å². The molecule has 0 spiro atoms. The number of hydrogen-bond donors (Lipinski definition) is 3. The lowest BCUT2D eigenvalue weighted by molar-refractivity contribution is -0.115. The van der Waals surface area contributed by atoms with Crippen LogP contribution in [0, 0.1) is 6.92 Å². The Bertz CT molecular complexity index is 1500. The average molecular weight is 423 g/mol. The third-order valence-corrected chi connectivity index (χ3v) is 4.22. The number of carbonyl (C=O) groups is 1. The number of thiazole rings is 1. The van der Waals surface area contributed by atoms with Gasteiger partial charge in [-0.3, -0.25) is 4.79 Å². The summed E-state index contributed by atoms with van der Waals surface area (Å²) >= 11 is 0.638. The van der Waals surface area contributed by atoms with E-state index < -0.39 is 90.6 Å². The first kappa shape index (κ1) is 9.87. The molecule has 1 atom stereocenters. The van der Waals surface area contributed by atoms with Crippen molar-refractivity contribution >= 4 is 28.1 Å². The SMILES string of the molecule is [2H]c1sc(N)nc1C([2H])([2H])C(=O)Nc1c([2H])c([2H])c(CC([2H])([2H])CC[C@H](O)c2c([2H])c([2H])c(C)c([2H])c2[2H])c([2H])c1[2H]. The largest absolute Gasteiger partial charge is 0.388 e. The summed E-state index contributed by atoms with van der Waals surface area (Å²) in [6.45, 7) is 1.41. The molecule has 0 aliphatic heterocycles. The Morgan fingerprint density at radius 2 is 2.00 bits per heavy atom. The number of aromatic nitrogens is 1. The van der Waals surface area contributed by atoms with Crippen LogP contribution in [0.15, 0.2) is 53.7 Å². The van der Waals surface area contributed by atoms with Crippen molar-refractivity contribution in [3.8, 4) is 0 Å². The lowest BCUT2D eigenvalue weighted by atomic mass is 10.0. The quantitative estimate of drug-likeness (QED) is 0.468. The van der Waals surface area contributed by atoms with E-state index in [1.807, 2.05) is 5.32 Å². The van der Waals surface area contributed by atoms with Crippen molar-refractivity contribution in [2.45, 2.75) is 45.0 Å². The number of carbonyl (C=O) groups excluding carboxylic acids is 1. The van der Waals surface area contributed by atoms with Crippen LogP contribution in [0.25, 0.3) is 0 Å². The minimum absolute atomic E-state index is 0.101. The molecule has 0 aliphatic carbocycles. The van der Waals surface area contributed by atoms with Gasteiger partial charge in [-0.05, 0) is 49.4 Å². The summed E-state index contributed by atoms with van der Waals surface area (Å²) in [6.07, 6.45) is -8.06. The van der Waals surface area contributed by atoms with Crippen molar-refractivity contribution in [1.29, 1.82) is 0 Å². The van der Waals surface area contributed by atoms with E-state index in [-0.39, 0.29) is 40.3 Å². The van der Waals surface area contributed by atoms with Gasteiger partial charge < -0.3 is 16.2 Å². The molecular formula is C23H27N3O2S. The fourth-order valence-corrected chi connectivity index (χ4v) is 2.63. The normalized spacial score (nSPS) is 19.3. The number of aliphatic hydroxyl groups excluding tert-OH is 1. The second-order valence-electron chi connectivity index (χ2n) is 5.96. The van der Waals surface area contributed by atoms with Gasteiger partial charge in [0.15, 0.2) is 5.13 Å². The monoisotopic (exact) mass is 422 g/mol. The van der Waals surface area contributed by atoms with Gasteiger partial charge in [0.05, 0.1) is 30.5 Å². The number of benzene rings is 2. The number of amides is 1. The predicted molar refractivity (Wildman–Crippen MR) is 119 cm³/mol. The molecule has 0 unspecified atom stereocenters. The number of aliphatic hydroxyl groups is 1. The maximum atomic E-state index is 12.7. The predicted octanol–water partition coefficient (Wildman–Crippen LogP) is 4.66. The first-order valence-electron chi connectivity index (χ1n) is 15.1. The van der Waals surface area contributed by atoms with Crippen molar-refractivity contribution in [2.75, 3.05) is 11.1 Å². The second kappa shape index (κ2) is 10.2. The highest BCUT2D eigenvalue weighted by molar-refractivity contribution is 7.13. The number of nitrogen functional groups attached to an aromatic ring is 1. The standard InChI is InChI=1S/C23H27N3O2S/c1-16-6-10-18(11-7-16)21(27)5-3-2-4-17-8-12-19(13-9-17)25-22(28)14-20-15-29-23(24)26-20/h6-13,15,21,27H,2-5,14H2,1H3,(H2,24,26)(H,25,28)/t21-/m0/s1/i2D2,6D,7D,8D,9D,10D,11D,12D,13D,14D2,15D. The molecule has 6 heteroatoms. The molecule has 0 saturated carbocycles. The van der Waals surface area contributed by atoms with E-state index in [1.165, 1.54) is 6.92 Å². The van der Waals surface area contributed by atoms with Crippen molar-refractivity contribution in [1.82, 2.24) is 4.98 Å².